The number of methoxy groups -OCH3 is 1. The molecular weight excluding hydrogens is 248 g/mol. The third-order valence-electron chi connectivity index (χ3n) is 2.36. The van der Waals surface area contributed by atoms with Crippen LogP contribution >= 0.6 is 0 Å². The number of amides is 1. The van der Waals surface area contributed by atoms with E-state index >= 15 is 0 Å². The summed E-state index contributed by atoms with van der Waals surface area (Å²) >= 11 is 0. The third kappa shape index (κ3) is 2.71. The fourth-order valence-electron chi connectivity index (χ4n) is 1.42. The van der Waals surface area contributed by atoms with Crippen molar-refractivity contribution in [2.75, 3.05) is 12.8 Å². The summed E-state index contributed by atoms with van der Waals surface area (Å²) in [4.78, 5) is 18.7. The normalized spacial score (nSPS) is 9.95. The zero-order chi connectivity index (χ0) is 13.8. The van der Waals surface area contributed by atoms with E-state index in [2.05, 4.69) is 9.97 Å². The van der Waals surface area contributed by atoms with E-state index < -0.39 is 5.91 Å². The van der Waals surface area contributed by atoms with Gasteiger partial charge in [-0.15, -0.1) is 0 Å². The topological polar surface area (TPSA) is 113 Å². The Bertz CT molecular complexity index is 616. The van der Waals surface area contributed by atoms with Gasteiger partial charge in [0.05, 0.1) is 13.3 Å². The van der Waals surface area contributed by atoms with Gasteiger partial charge in [0.1, 0.15) is 12.0 Å². The van der Waals surface area contributed by atoms with E-state index in [1.807, 2.05) is 0 Å². The highest BCUT2D eigenvalue weighted by Gasteiger charge is 2.11. The second-order valence-corrected chi connectivity index (χ2v) is 3.62. The zero-order valence-electron chi connectivity index (χ0n) is 10.2. The maximum Gasteiger partial charge on any atom is 0.248 e. The van der Waals surface area contributed by atoms with E-state index in [4.69, 9.17) is 20.9 Å². The van der Waals surface area contributed by atoms with Crippen molar-refractivity contribution in [1.82, 2.24) is 9.97 Å². The van der Waals surface area contributed by atoms with Crippen LogP contribution in [-0.4, -0.2) is 23.0 Å². The Hall–Kier alpha value is -2.83. The largest absolute Gasteiger partial charge is 0.493 e. The van der Waals surface area contributed by atoms with Crippen molar-refractivity contribution < 1.29 is 14.3 Å². The number of rotatable bonds is 4. The maximum absolute atomic E-state index is 11.1. The van der Waals surface area contributed by atoms with Gasteiger partial charge in [0.2, 0.25) is 11.8 Å². The molecule has 19 heavy (non-hydrogen) atoms. The molecule has 2 rings (SSSR count). The summed E-state index contributed by atoms with van der Waals surface area (Å²) in [6.07, 6.45) is 2.74. The minimum Gasteiger partial charge on any atom is -0.493 e. The van der Waals surface area contributed by atoms with Crippen molar-refractivity contribution >= 4 is 11.6 Å². The van der Waals surface area contributed by atoms with E-state index in [1.165, 1.54) is 31.8 Å². The van der Waals surface area contributed by atoms with E-state index in [0.29, 0.717) is 22.7 Å². The molecule has 0 aliphatic heterocycles. The molecule has 7 nitrogen and oxygen atoms in total. The Balaban J connectivity index is 2.35. The Morgan fingerprint density at radius 1 is 1.32 bits per heavy atom. The maximum atomic E-state index is 11.1. The van der Waals surface area contributed by atoms with Crippen molar-refractivity contribution in [3.05, 3.63) is 36.3 Å². The number of nitrogen functional groups attached to an aromatic ring is 1. The zero-order valence-corrected chi connectivity index (χ0v) is 10.2. The number of carbonyl (C=O) groups excluding carboxylic acids is 1. The van der Waals surface area contributed by atoms with Crippen LogP contribution in [0.4, 0.5) is 5.69 Å². The van der Waals surface area contributed by atoms with Gasteiger partial charge in [0.25, 0.3) is 0 Å². The van der Waals surface area contributed by atoms with Crippen molar-refractivity contribution in [2.24, 2.45) is 5.73 Å². The second-order valence-electron chi connectivity index (χ2n) is 3.62. The van der Waals surface area contributed by atoms with E-state index in [0.717, 1.165) is 0 Å². The molecule has 4 N–H and O–H groups in total. The molecule has 98 valence electrons. The molecule has 1 aromatic heterocycles. The molecular formula is C12H12N4O3. The molecule has 0 aliphatic carbocycles. The molecule has 0 fully saturated rings. The highest BCUT2D eigenvalue weighted by molar-refractivity contribution is 5.93. The van der Waals surface area contributed by atoms with Gasteiger partial charge < -0.3 is 20.9 Å². The molecule has 0 saturated carbocycles. The molecule has 2 aromatic rings. The van der Waals surface area contributed by atoms with Crippen LogP contribution in [-0.2, 0) is 0 Å². The lowest BCUT2D eigenvalue weighted by atomic mass is 10.2. The Kier molecular flexibility index (Phi) is 3.46. The van der Waals surface area contributed by atoms with E-state index in [1.54, 1.807) is 6.07 Å². The van der Waals surface area contributed by atoms with Crippen molar-refractivity contribution in [3.63, 3.8) is 0 Å². The lowest BCUT2D eigenvalue weighted by Crippen LogP contribution is -2.11. The highest BCUT2D eigenvalue weighted by atomic mass is 16.5. The van der Waals surface area contributed by atoms with Gasteiger partial charge in [-0.3, -0.25) is 4.79 Å². The summed E-state index contributed by atoms with van der Waals surface area (Å²) in [7, 11) is 1.45. The average molecular weight is 260 g/mol. The number of hydrogen-bond donors (Lipinski definition) is 2. The van der Waals surface area contributed by atoms with Gasteiger partial charge in [-0.1, -0.05) is 0 Å². The van der Waals surface area contributed by atoms with Crippen LogP contribution in [0.5, 0.6) is 17.4 Å². The minimum absolute atomic E-state index is 0.208. The molecule has 0 saturated heterocycles. The fourth-order valence-corrected chi connectivity index (χ4v) is 1.42. The van der Waals surface area contributed by atoms with Crippen LogP contribution in [0.15, 0.2) is 30.7 Å². The van der Waals surface area contributed by atoms with Gasteiger partial charge in [-0.2, -0.15) is 4.98 Å². The molecule has 1 amide bonds. The lowest BCUT2D eigenvalue weighted by molar-refractivity contribution is 0.1000. The summed E-state index contributed by atoms with van der Waals surface area (Å²) in [6, 6.07) is 4.56. The van der Waals surface area contributed by atoms with Crippen LogP contribution in [0.25, 0.3) is 0 Å². The summed E-state index contributed by atoms with van der Waals surface area (Å²) in [5.74, 6) is 0.388. The molecule has 0 spiro atoms. The number of hydrogen-bond acceptors (Lipinski definition) is 6. The molecule has 0 bridgehead atoms. The predicted octanol–water partition coefficient (Wildman–Crippen LogP) is 0.959. The first kappa shape index (κ1) is 12.6. The van der Waals surface area contributed by atoms with E-state index in [9.17, 15) is 4.79 Å². The number of nitrogens with zero attached hydrogens (tertiary/aromatic N) is 2. The van der Waals surface area contributed by atoms with Crippen LogP contribution in [0.2, 0.25) is 0 Å². The summed E-state index contributed by atoms with van der Waals surface area (Å²) in [6.45, 7) is 0. The monoisotopic (exact) mass is 260 g/mol. The van der Waals surface area contributed by atoms with Crippen LogP contribution in [0, 0.1) is 0 Å². The predicted molar refractivity (Wildman–Crippen MR) is 68.0 cm³/mol. The average Bonchev–Trinajstić information content (AvgIpc) is 2.41. The molecule has 7 heteroatoms. The molecule has 0 radical (unpaired) electrons. The Labute approximate surface area is 109 Å². The smallest absolute Gasteiger partial charge is 0.248 e. The van der Waals surface area contributed by atoms with Crippen molar-refractivity contribution in [1.29, 1.82) is 0 Å². The summed E-state index contributed by atoms with van der Waals surface area (Å²) in [5, 5.41) is 0. The Morgan fingerprint density at radius 3 is 2.74 bits per heavy atom. The highest BCUT2D eigenvalue weighted by Crippen LogP contribution is 2.33. The Morgan fingerprint density at radius 2 is 2.11 bits per heavy atom. The number of aromatic nitrogens is 2. The molecule has 1 heterocycles. The fraction of sp³-hybridized carbons (Fsp3) is 0.0833. The number of primary amides is 1. The summed E-state index contributed by atoms with van der Waals surface area (Å²) < 4.78 is 10.6. The van der Waals surface area contributed by atoms with Gasteiger partial charge in [-0.25, -0.2) is 4.98 Å². The quantitative estimate of drug-likeness (QED) is 0.846. The van der Waals surface area contributed by atoms with Gasteiger partial charge in [0, 0.05) is 5.56 Å². The van der Waals surface area contributed by atoms with Crippen molar-refractivity contribution in [2.45, 2.75) is 0 Å². The lowest BCUT2D eigenvalue weighted by Gasteiger charge is -2.11. The molecule has 0 unspecified atom stereocenters. The number of benzene rings is 1. The molecule has 0 aliphatic rings. The van der Waals surface area contributed by atoms with Crippen LogP contribution < -0.4 is 20.9 Å². The number of ether oxygens (including phenoxy) is 2. The standard InChI is InChI=1S/C12H12N4O3/c1-18-10-4-7(11(14)17)2-3-9(10)19-12-8(13)5-15-6-16-12/h2-6H,13H2,1H3,(H2,14,17). The first-order valence-electron chi connectivity index (χ1n) is 5.33. The van der Waals surface area contributed by atoms with Gasteiger partial charge in [-0.05, 0) is 18.2 Å². The molecule has 0 atom stereocenters. The molecule has 1 aromatic carbocycles. The number of carbonyl (C=O) groups is 1. The van der Waals surface area contributed by atoms with E-state index in [-0.39, 0.29) is 5.88 Å². The number of anilines is 1. The van der Waals surface area contributed by atoms with Crippen LogP contribution in [0.3, 0.4) is 0 Å². The third-order valence-corrected chi connectivity index (χ3v) is 2.36. The summed E-state index contributed by atoms with van der Waals surface area (Å²) in [5.41, 5.74) is 11.5. The first-order chi connectivity index (χ1) is 9.11. The number of nitrogens with two attached hydrogens (primary N) is 2. The minimum atomic E-state index is -0.550. The first-order valence-corrected chi connectivity index (χ1v) is 5.33. The van der Waals surface area contributed by atoms with Crippen LogP contribution in [0.1, 0.15) is 10.4 Å². The van der Waals surface area contributed by atoms with Gasteiger partial charge >= 0.3 is 0 Å². The second kappa shape index (κ2) is 5.21. The van der Waals surface area contributed by atoms with Crippen molar-refractivity contribution in [3.8, 4) is 17.4 Å². The SMILES string of the molecule is COc1cc(C(N)=O)ccc1Oc1ncncc1N. The van der Waals surface area contributed by atoms with Gasteiger partial charge in [0.15, 0.2) is 11.5 Å².